The van der Waals surface area contributed by atoms with Crippen molar-refractivity contribution in [2.45, 2.75) is 26.4 Å². The third-order valence-electron chi connectivity index (χ3n) is 3.27. The summed E-state index contributed by atoms with van der Waals surface area (Å²) in [7, 11) is 1.57. The number of anilines is 1. The van der Waals surface area contributed by atoms with Gasteiger partial charge in [-0.15, -0.1) is 0 Å². The fourth-order valence-corrected chi connectivity index (χ4v) is 2.47. The predicted octanol–water partition coefficient (Wildman–Crippen LogP) is 2.80. The molecule has 0 bridgehead atoms. The number of amides is 1. The van der Waals surface area contributed by atoms with Gasteiger partial charge in [0.05, 0.1) is 12.1 Å². The first-order chi connectivity index (χ1) is 10.3. The summed E-state index contributed by atoms with van der Waals surface area (Å²) < 4.78 is 10.7. The van der Waals surface area contributed by atoms with E-state index in [-0.39, 0.29) is 6.09 Å². The Morgan fingerprint density at radius 2 is 1.91 bits per heavy atom. The van der Waals surface area contributed by atoms with Crippen LogP contribution < -0.4 is 9.64 Å². The van der Waals surface area contributed by atoms with E-state index in [9.17, 15) is 4.79 Å². The maximum absolute atomic E-state index is 12.1. The molecule has 6 nitrogen and oxygen atoms in total. The van der Waals surface area contributed by atoms with E-state index in [0.29, 0.717) is 42.8 Å². The van der Waals surface area contributed by atoms with Crippen molar-refractivity contribution >= 4 is 23.5 Å². The maximum atomic E-state index is 12.1. The van der Waals surface area contributed by atoms with Gasteiger partial charge in [0.15, 0.2) is 11.6 Å². The Kier molecular flexibility index (Phi) is 5.01. The van der Waals surface area contributed by atoms with Crippen molar-refractivity contribution in [3.63, 3.8) is 0 Å². The number of rotatable bonds is 2. The molecule has 0 atom stereocenters. The molecule has 1 fully saturated rings. The zero-order chi connectivity index (χ0) is 16.3. The van der Waals surface area contributed by atoms with E-state index in [2.05, 4.69) is 9.88 Å². The van der Waals surface area contributed by atoms with Crippen LogP contribution in [-0.2, 0) is 4.74 Å². The second-order valence-electron chi connectivity index (χ2n) is 6.10. The van der Waals surface area contributed by atoms with Gasteiger partial charge in [-0.3, -0.25) is 0 Å². The molecule has 2 heterocycles. The van der Waals surface area contributed by atoms with E-state index in [1.54, 1.807) is 24.3 Å². The highest BCUT2D eigenvalue weighted by atomic mass is 35.5. The number of carbonyl (C=O) groups excluding carboxylic acids is 1. The molecule has 0 aromatic carbocycles. The Bertz CT molecular complexity index is 537. The second-order valence-corrected chi connectivity index (χ2v) is 6.51. The minimum atomic E-state index is -0.480. The average Bonchev–Trinajstić information content (AvgIpc) is 2.45. The van der Waals surface area contributed by atoms with Crippen LogP contribution in [0, 0.1) is 0 Å². The van der Waals surface area contributed by atoms with Crippen LogP contribution in [0.1, 0.15) is 20.8 Å². The first-order valence-electron chi connectivity index (χ1n) is 7.23. The fourth-order valence-electron chi connectivity index (χ4n) is 2.26. The lowest BCUT2D eigenvalue weighted by molar-refractivity contribution is 0.0240. The van der Waals surface area contributed by atoms with Gasteiger partial charge >= 0.3 is 6.09 Å². The van der Waals surface area contributed by atoms with E-state index >= 15 is 0 Å². The molecule has 1 aliphatic rings. The molecule has 0 saturated carbocycles. The molecule has 2 rings (SSSR count). The number of aromatic nitrogens is 1. The number of hydrogen-bond donors (Lipinski definition) is 0. The molecule has 22 heavy (non-hydrogen) atoms. The molecule has 0 unspecified atom stereocenters. The Labute approximate surface area is 136 Å². The smallest absolute Gasteiger partial charge is 0.410 e. The third kappa shape index (κ3) is 3.94. The highest BCUT2D eigenvalue weighted by Crippen LogP contribution is 2.33. The monoisotopic (exact) mass is 327 g/mol. The van der Waals surface area contributed by atoms with Gasteiger partial charge in [-0.05, 0) is 26.8 Å². The van der Waals surface area contributed by atoms with Crippen molar-refractivity contribution in [3.05, 3.63) is 17.3 Å². The molecule has 7 heteroatoms. The lowest BCUT2D eigenvalue weighted by Crippen LogP contribution is -2.50. The first-order valence-corrected chi connectivity index (χ1v) is 7.61. The van der Waals surface area contributed by atoms with Crippen LogP contribution in [-0.4, -0.2) is 54.9 Å². The van der Waals surface area contributed by atoms with Crippen molar-refractivity contribution in [2.24, 2.45) is 0 Å². The molecule has 1 aliphatic heterocycles. The van der Waals surface area contributed by atoms with Gasteiger partial charge in [-0.2, -0.15) is 0 Å². The molecular formula is C15H22ClN3O3. The molecule has 122 valence electrons. The molecule has 0 spiro atoms. The summed E-state index contributed by atoms with van der Waals surface area (Å²) >= 11 is 6.12. The van der Waals surface area contributed by atoms with Gasteiger partial charge in [-0.25, -0.2) is 9.78 Å². The Morgan fingerprint density at radius 1 is 1.27 bits per heavy atom. The Morgan fingerprint density at radius 3 is 2.45 bits per heavy atom. The quantitative estimate of drug-likeness (QED) is 0.836. The van der Waals surface area contributed by atoms with E-state index in [0.717, 1.165) is 0 Å². The van der Waals surface area contributed by atoms with E-state index in [1.807, 2.05) is 20.8 Å². The Balaban J connectivity index is 2.01. The summed E-state index contributed by atoms with van der Waals surface area (Å²) in [5.41, 5.74) is -0.480. The van der Waals surface area contributed by atoms with E-state index in [1.165, 1.54) is 0 Å². The van der Waals surface area contributed by atoms with Crippen LogP contribution in [0.3, 0.4) is 0 Å². The standard InChI is InChI=1S/C15H22ClN3O3/c1-15(2,3)22-14(20)19-9-7-18(8-10-19)13-12(21-4)11(16)5-6-17-13/h5-6H,7-10H2,1-4H3. The van der Waals surface area contributed by atoms with Crippen LogP contribution in [0.15, 0.2) is 12.3 Å². The molecule has 1 saturated heterocycles. The Hall–Kier alpha value is -1.69. The fraction of sp³-hybridized carbons (Fsp3) is 0.600. The van der Waals surface area contributed by atoms with Crippen molar-refractivity contribution in [1.29, 1.82) is 0 Å². The van der Waals surface area contributed by atoms with Gasteiger partial charge in [0.25, 0.3) is 0 Å². The topological polar surface area (TPSA) is 54.9 Å². The molecular weight excluding hydrogens is 306 g/mol. The molecule has 1 aromatic heterocycles. The minimum absolute atomic E-state index is 0.279. The lowest BCUT2D eigenvalue weighted by atomic mass is 10.2. The predicted molar refractivity (Wildman–Crippen MR) is 85.8 cm³/mol. The summed E-state index contributed by atoms with van der Waals surface area (Å²) in [5.74, 6) is 1.27. The van der Waals surface area contributed by atoms with Crippen LogP contribution in [0.5, 0.6) is 5.75 Å². The molecule has 1 amide bonds. The highest BCUT2D eigenvalue weighted by Gasteiger charge is 2.27. The zero-order valence-electron chi connectivity index (χ0n) is 13.4. The number of halogens is 1. The number of pyridine rings is 1. The van der Waals surface area contributed by atoms with Gasteiger partial charge in [0, 0.05) is 32.4 Å². The van der Waals surface area contributed by atoms with Crippen molar-refractivity contribution in [3.8, 4) is 5.75 Å². The van der Waals surface area contributed by atoms with Crippen LogP contribution >= 0.6 is 11.6 Å². The van der Waals surface area contributed by atoms with Crippen LogP contribution in [0.4, 0.5) is 10.6 Å². The van der Waals surface area contributed by atoms with Crippen LogP contribution in [0.2, 0.25) is 5.02 Å². The number of ether oxygens (including phenoxy) is 2. The summed E-state index contributed by atoms with van der Waals surface area (Å²) in [6.45, 7) is 8.05. The summed E-state index contributed by atoms with van der Waals surface area (Å²) in [5, 5.41) is 0.530. The van der Waals surface area contributed by atoms with Crippen molar-refractivity contribution in [1.82, 2.24) is 9.88 Å². The number of piperazine rings is 1. The summed E-state index contributed by atoms with van der Waals surface area (Å²) in [6, 6.07) is 1.70. The summed E-state index contributed by atoms with van der Waals surface area (Å²) in [4.78, 5) is 20.2. The molecule has 0 aliphatic carbocycles. The van der Waals surface area contributed by atoms with Gasteiger partial charge in [-0.1, -0.05) is 11.6 Å². The molecule has 0 radical (unpaired) electrons. The number of nitrogens with zero attached hydrogens (tertiary/aromatic N) is 3. The SMILES string of the molecule is COc1c(Cl)ccnc1N1CCN(C(=O)OC(C)(C)C)CC1. The van der Waals surface area contributed by atoms with E-state index < -0.39 is 5.60 Å². The van der Waals surface area contributed by atoms with Gasteiger partial charge < -0.3 is 19.3 Å². The molecule has 1 aromatic rings. The van der Waals surface area contributed by atoms with Crippen molar-refractivity contribution < 1.29 is 14.3 Å². The van der Waals surface area contributed by atoms with Gasteiger partial charge in [0.1, 0.15) is 5.60 Å². The third-order valence-corrected chi connectivity index (χ3v) is 3.57. The zero-order valence-corrected chi connectivity index (χ0v) is 14.2. The first kappa shape index (κ1) is 16.7. The largest absolute Gasteiger partial charge is 0.491 e. The normalized spacial score (nSPS) is 15.7. The lowest BCUT2D eigenvalue weighted by Gasteiger charge is -2.36. The number of hydrogen-bond acceptors (Lipinski definition) is 5. The summed E-state index contributed by atoms with van der Waals surface area (Å²) in [6.07, 6.45) is 1.37. The van der Waals surface area contributed by atoms with Crippen molar-refractivity contribution in [2.75, 3.05) is 38.2 Å². The van der Waals surface area contributed by atoms with E-state index in [4.69, 9.17) is 21.1 Å². The highest BCUT2D eigenvalue weighted by molar-refractivity contribution is 6.32. The maximum Gasteiger partial charge on any atom is 0.410 e. The molecule has 0 N–H and O–H groups in total. The minimum Gasteiger partial charge on any atom is -0.491 e. The average molecular weight is 328 g/mol. The second kappa shape index (κ2) is 6.60. The van der Waals surface area contributed by atoms with Crippen LogP contribution in [0.25, 0.3) is 0 Å². The number of carbonyl (C=O) groups is 1. The number of methoxy groups -OCH3 is 1. The van der Waals surface area contributed by atoms with Gasteiger partial charge in [0.2, 0.25) is 0 Å².